The average molecular weight is 663 g/mol. The normalized spacial score (nSPS) is 11.6. The Bertz CT molecular complexity index is 412. The van der Waals surface area contributed by atoms with Gasteiger partial charge in [-0.05, 0) is 39.0 Å². The van der Waals surface area contributed by atoms with Crippen molar-refractivity contribution in [1.29, 1.82) is 0 Å². The average Bonchev–Trinajstić information content (AvgIpc) is 3.07. The summed E-state index contributed by atoms with van der Waals surface area (Å²) in [5, 5.41) is 133. The highest BCUT2D eigenvalue weighted by molar-refractivity contribution is 4.74. The van der Waals surface area contributed by atoms with Crippen LogP contribution in [0.3, 0.4) is 0 Å². The maximum Gasteiger partial charge on any atom is 0.100 e. The van der Waals surface area contributed by atoms with Crippen molar-refractivity contribution >= 4 is 0 Å². The fraction of sp³-hybridized carbons (Fsp3) is 1.00. The quantitative estimate of drug-likeness (QED) is 0.0658. The van der Waals surface area contributed by atoms with Crippen LogP contribution in [0, 0.1) is 10.8 Å². The highest BCUT2D eigenvalue weighted by Crippen LogP contribution is 2.18. The van der Waals surface area contributed by atoms with Gasteiger partial charge in [0.15, 0.2) is 0 Å². The second kappa shape index (κ2) is 49.2. The van der Waals surface area contributed by atoms with Crippen molar-refractivity contribution in [2.75, 3.05) is 85.9 Å². The minimum absolute atomic E-state index is 0.0677. The van der Waals surface area contributed by atoms with Gasteiger partial charge in [-0.15, -0.1) is 0 Å². The van der Waals surface area contributed by atoms with Crippen LogP contribution in [-0.4, -0.2) is 186 Å². The van der Waals surface area contributed by atoms with Crippen molar-refractivity contribution in [3.8, 4) is 0 Å². The molecule has 0 aromatic carbocycles. The number of unbranched alkanes of at least 4 members (excludes halogenated alkanes) is 1. The Labute approximate surface area is 263 Å². The summed E-state index contributed by atoms with van der Waals surface area (Å²) in [6.07, 6.45) is 0.617. The molecule has 0 saturated heterocycles. The van der Waals surface area contributed by atoms with Gasteiger partial charge in [-0.2, -0.15) is 0 Å². The molecule has 16 heteroatoms. The Morgan fingerprint density at radius 3 is 0.886 bits per heavy atom. The van der Waals surface area contributed by atoms with Crippen molar-refractivity contribution < 1.29 is 81.7 Å². The summed E-state index contributed by atoms with van der Waals surface area (Å²) in [6, 6.07) is 0. The SMILES string of the molecule is CC.CC(CO)(CO)CO.CCC(CO)(CO)CO.CCO.OCC(O)CO.OCCC(O)CO.OCCCCC(O)CO. The Balaban J connectivity index is -0.0000000753. The Kier molecular flexibility index (Phi) is 65.9. The first kappa shape index (κ1) is 58.9. The van der Waals surface area contributed by atoms with E-state index in [-0.39, 0.29) is 92.3 Å². The van der Waals surface area contributed by atoms with Crippen LogP contribution in [0.2, 0.25) is 0 Å². The van der Waals surface area contributed by atoms with Gasteiger partial charge < -0.3 is 81.7 Å². The first-order chi connectivity index (χ1) is 20.8. The lowest BCUT2D eigenvalue weighted by molar-refractivity contribution is 0.00303. The topological polar surface area (TPSA) is 324 Å². The molecular formula is C28H70O16. The van der Waals surface area contributed by atoms with E-state index in [0.717, 1.165) is 6.42 Å². The molecule has 0 aromatic heterocycles. The maximum atomic E-state index is 8.75. The first-order valence-corrected chi connectivity index (χ1v) is 14.7. The van der Waals surface area contributed by atoms with E-state index in [0.29, 0.717) is 19.3 Å². The lowest BCUT2D eigenvalue weighted by atomic mass is 9.88. The van der Waals surface area contributed by atoms with Gasteiger partial charge in [-0.1, -0.05) is 27.7 Å². The van der Waals surface area contributed by atoms with Crippen LogP contribution in [0.5, 0.6) is 0 Å². The molecule has 0 amide bonds. The molecule has 0 aliphatic carbocycles. The molecule has 0 aliphatic heterocycles. The number of hydrogen-bond acceptors (Lipinski definition) is 16. The fourth-order valence-electron chi connectivity index (χ4n) is 1.52. The molecule has 0 saturated carbocycles. The molecule has 2 unspecified atom stereocenters. The number of hydrogen-bond donors (Lipinski definition) is 16. The van der Waals surface area contributed by atoms with E-state index in [4.69, 9.17) is 81.7 Å². The molecule has 278 valence electrons. The van der Waals surface area contributed by atoms with Crippen LogP contribution in [0.1, 0.15) is 66.7 Å². The molecule has 16 N–H and O–H groups in total. The highest BCUT2D eigenvalue weighted by Gasteiger charge is 2.25. The van der Waals surface area contributed by atoms with Gasteiger partial charge in [0.25, 0.3) is 0 Å². The lowest BCUT2D eigenvalue weighted by Gasteiger charge is -2.24. The van der Waals surface area contributed by atoms with Crippen LogP contribution in [0.15, 0.2) is 0 Å². The molecule has 0 radical (unpaired) electrons. The van der Waals surface area contributed by atoms with E-state index in [1.807, 2.05) is 20.8 Å². The number of aliphatic hydroxyl groups is 16. The molecule has 44 heavy (non-hydrogen) atoms. The zero-order chi connectivity index (χ0) is 36.5. The predicted molar refractivity (Wildman–Crippen MR) is 166 cm³/mol. The third-order valence-corrected chi connectivity index (χ3v) is 5.15. The van der Waals surface area contributed by atoms with Gasteiger partial charge in [0, 0.05) is 30.7 Å². The number of aliphatic hydroxyl groups excluding tert-OH is 16. The molecule has 16 nitrogen and oxygen atoms in total. The van der Waals surface area contributed by atoms with E-state index < -0.39 is 29.1 Å². The smallest absolute Gasteiger partial charge is 0.100 e. The van der Waals surface area contributed by atoms with E-state index in [9.17, 15) is 0 Å². The van der Waals surface area contributed by atoms with Gasteiger partial charge >= 0.3 is 0 Å². The zero-order valence-corrected chi connectivity index (χ0v) is 27.6. The monoisotopic (exact) mass is 662 g/mol. The van der Waals surface area contributed by atoms with Crippen LogP contribution in [0.4, 0.5) is 0 Å². The third kappa shape index (κ3) is 51.0. The molecule has 0 spiro atoms. The van der Waals surface area contributed by atoms with E-state index >= 15 is 0 Å². The molecule has 0 bridgehead atoms. The van der Waals surface area contributed by atoms with Gasteiger partial charge in [0.1, 0.15) is 6.10 Å². The summed E-state index contributed by atoms with van der Waals surface area (Å²) >= 11 is 0. The minimum atomic E-state index is -0.954. The van der Waals surface area contributed by atoms with Crippen molar-refractivity contribution in [3.05, 3.63) is 0 Å². The van der Waals surface area contributed by atoms with Crippen molar-refractivity contribution in [2.24, 2.45) is 10.8 Å². The van der Waals surface area contributed by atoms with Gasteiger partial charge in [-0.25, -0.2) is 0 Å². The van der Waals surface area contributed by atoms with Crippen LogP contribution >= 0.6 is 0 Å². The Morgan fingerprint density at radius 1 is 0.455 bits per heavy atom. The summed E-state index contributed by atoms with van der Waals surface area (Å²) in [6.45, 7) is 7.28. The zero-order valence-electron chi connectivity index (χ0n) is 27.6. The van der Waals surface area contributed by atoms with Gasteiger partial charge in [0.2, 0.25) is 0 Å². The van der Waals surface area contributed by atoms with E-state index in [2.05, 4.69) is 0 Å². The van der Waals surface area contributed by atoms with E-state index in [1.165, 1.54) is 0 Å². The summed E-state index contributed by atoms with van der Waals surface area (Å²) in [5.74, 6) is 0. The van der Waals surface area contributed by atoms with Gasteiger partial charge in [-0.3, -0.25) is 0 Å². The van der Waals surface area contributed by atoms with E-state index in [1.54, 1.807) is 13.8 Å². The largest absolute Gasteiger partial charge is 0.397 e. The van der Waals surface area contributed by atoms with Crippen LogP contribution < -0.4 is 0 Å². The third-order valence-electron chi connectivity index (χ3n) is 5.15. The second-order valence-electron chi connectivity index (χ2n) is 9.35. The van der Waals surface area contributed by atoms with Crippen molar-refractivity contribution in [3.63, 3.8) is 0 Å². The first-order valence-electron chi connectivity index (χ1n) is 14.7. The molecule has 0 fully saturated rings. The Morgan fingerprint density at radius 2 is 0.773 bits per heavy atom. The van der Waals surface area contributed by atoms with Gasteiger partial charge in [0.05, 0.1) is 78.3 Å². The van der Waals surface area contributed by atoms with Crippen molar-refractivity contribution in [2.45, 2.75) is 85.0 Å². The number of rotatable bonds is 17. The van der Waals surface area contributed by atoms with Crippen molar-refractivity contribution in [1.82, 2.24) is 0 Å². The molecule has 0 heterocycles. The molecule has 2 atom stereocenters. The predicted octanol–water partition coefficient (Wildman–Crippen LogP) is -4.09. The summed E-state index contributed by atoms with van der Waals surface area (Å²) in [7, 11) is 0. The summed E-state index contributed by atoms with van der Waals surface area (Å²) in [5.41, 5.74) is -1.38. The fourth-order valence-corrected chi connectivity index (χ4v) is 1.52. The summed E-state index contributed by atoms with van der Waals surface area (Å²) in [4.78, 5) is 0. The second-order valence-corrected chi connectivity index (χ2v) is 9.35. The maximum absolute atomic E-state index is 8.75. The molecular weight excluding hydrogens is 592 g/mol. The van der Waals surface area contributed by atoms with Crippen LogP contribution in [0.25, 0.3) is 0 Å². The highest BCUT2D eigenvalue weighted by atomic mass is 16.3. The Hall–Kier alpha value is -0.640. The standard InChI is InChI=1S/2C6H14O3.C5H12O3.C4H10O3.C3H8O3.C2H6O.C2H6/c1-2-6(3-7,4-8)5-9;7-4-2-1-3-6(9)5-8;1-5(2-6,3-7)4-8;5-2-1-4(7)3-6;4-1-3(6)2-5;1-2-3;1-2/h7-9H,2-5H2,1H3;6-9H,1-5H2;6-8H,2-4H2,1H3;4-7H,1-3H2;3-6H,1-2H2;3H,2H2,1H3;1-2H3. The molecule has 0 aromatic rings. The molecule has 0 aliphatic rings. The lowest BCUT2D eigenvalue weighted by Crippen LogP contribution is -2.32. The minimum Gasteiger partial charge on any atom is -0.397 e. The molecule has 0 rings (SSSR count). The summed E-state index contributed by atoms with van der Waals surface area (Å²) < 4.78 is 0. The van der Waals surface area contributed by atoms with Crippen LogP contribution in [-0.2, 0) is 0 Å².